The van der Waals surface area contributed by atoms with Gasteiger partial charge in [-0.1, -0.05) is 13.8 Å². The Morgan fingerprint density at radius 2 is 2.06 bits per heavy atom. The molecule has 17 heavy (non-hydrogen) atoms. The minimum Gasteiger partial charge on any atom is -0.394 e. The van der Waals surface area contributed by atoms with Crippen LogP contribution in [0.4, 0.5) is 0 Å². The molecule has 0 amide bonds. The third kappa shape index (κ3) is 5.52. The van der Waals surface area contributed by atoms with Gasteiger partial charge in [-0.25, -0.2) is 0 Å². The average molecular weight is 254 g/mol. The second kappa shape index (κ2) is 6.99. The third-order valence-electron chi connectivity index (χ3n) is 2.56. The van der Waals surface area contributed by atoms with Gasteiger partial charge in [0, 0.05) is 28.9 Å². The fraction of sp³-hybridized carbons (Fsp3) is 0.615. The van der Waals surface area contributed by atoms with Crippen LogP contribution in [-0.2, 0) is 0 Å². The molecule has 96 valence electrons. The summed E-state index contributed by atoms with van der Waals surface area (Å²) >= 11 is 1.80. The minimum absolute atomic E-state index is 0.169. The Hall–Kier alpha value is -0.580. The van der Waals surface area contributed by atoms with E-state index in [9.17, 15) is 5.11 Å². The van der Waals surface area contributed by atoms with Gasteiger partial charge in [0.05, 0.1) is 6.61 Å². The van der Waals surface area contributed by atoms with Crippen molar-refractivity contribution in [2.75, 3.05) is 12.4 Å². The number of aliphatic hydroxyl groups is 1. The van der Waals surface area contributed by atoms with Crippen LogP contribution in [-0.4, -0.2) is 34.0 Å². The molecule has 1 rings (SSSR count). The second-order valence-electron chi connectivity index (χ2n) is 4.80. The smallest absolute Gasteiger partial charge is 0.0610 e. The van der Waals surface area contributed by atoms with E-state index >= 15 is 0 Å². The molecule has 3 nitrogen and oxygen atoms in total. The van der Waals surface area contributed by atoms with Gasteiger partial charge < -0.3 is 10.4 Å². The van der Waals surface area contributed by atoms with Crippen molar-refractivity contribution in [3.8, 4) is 0 Å². The van der Waals surface area contributed by atoms with Gasteiger partial charge in [-0.05, 0) is 31.2 Å². The number of nitrogens with zero attached hydrogens (tertiary/aromatic N) is 1. The van der Waals surface area contributed by atoms with Crippen LogP contribution < -0.4 is 5.32 Å². The van der Waals surface area contributed by atoms with E-state index in [0.717, 1.165) is 12.2 Å². The Bertz CT molecular complexity index is 318. The maximum Gasteiger partial charge on any atom is 0.0610 e. The SMILES string of the molecule is CC(C)NC(C)(CO)CCSc1ccncc1. The summed E-state index contributed by atoms with van der Waals surface area (Å²) in [7, 11) is 0. The van der Waals surface area contributed by atoms with Crippen molar-refractivity contribution in [2.45, 2.75) is 43.7 Å². The van der Waals surface area contributed by atoms with Crippen LogP contribution in [0.5, 0.6) is 0 Å². The lowest BCUT2D eigenvalue weighted by Crippen LogP contribution is -2.49. The van der Waals surface area contributed by atoms with Gasteiger partial charge in [0.1, 0.15) is 0 Å². The molecular formula is C13H22N2OS. The van der Waals surface area contributed by atoms with Crippen molar-refractivity contribution in [3.05, 3.63) is 24.5 Å². The standard InChI is InChI=1S/C13H22N2OS/c1-11(2)15-13(3,10-16)6-9-17-12-4-7-14-8-5-12/h4-5,7-8,11,15-16H,6,9-10H2,1-3H3. The summed E-state index contributed by atoms with van der Waals surface area (Å²) in [6.45, 7) is 6.44. The molecule has 0 aromatic carbocycles. The Balaban J connectivity index is 2.38. The zero-order valence-corrected chi connectivity index (χ0v) is 11.6. The molecule has 1 unspecified atom stereocenters. The van der Waals surface area contributed by atoms with Crippen LogP contribution in [0, 0.1) is 0 Å². The van der Waals surface area contributed by atoms with Gasteiger partial charge in [0.15, 0.2) is 0 Å². The normalized spacial score (nSPS) is 14.9. The summed E-state index contributed by atoms with van der Waals surface area (Å²) in [5, 5.41) is 12.9. The van der Waals surface area contributed by atoms with E-state index in [0.29, 0.717) is 6.04 Å². The first-order valence-corrected chi connectivity index (χ1v) is 6.96. The molecule has 0 aliphatic carbocycles. The van der Waals surface area contributed by atoms with Crippen LogP contribution in [0.25, 0.3) is 0 Å². The maximum absolute atomic E-state index is 9.45. The molecule has 1 aromatic rings. The monoisotopic (exact) mass is 254 g/mol. The van der Waals surface area contributed by atoms with E-state index < -0.39 is 0 Å². The zero-order valence-electron chi connectivity index (χ0n) is 10.8. The fourth-order valence-electron chi connectivity index (χ4n) is 1.72. The Morgan fingerprint density at radius 3 is 2.59 bits per heavy atom. The van der Waals surface area contributed by atoms with E-state index in [2.05, 4.69) is 31.1 Å². The summed E-state index contributed by atoms with van der Waals surface area (Å²) < 4.78 is 0. The van der Waals surface area contributed by atoms with Crippen molar-refractivity contribution < 1.29 is 5.11 Å². The van der Waals surface area contributed by atoms with E-state index in [1.54, 1.807) is 24.2 Å². The number of pyridine rings is 1. The van der Waals surface area contributed by atoms with E-state index in [1.807, 2.05) is 12.1 Å². The number of rotatable bonds is 7. The maximum atomic E-state index is 9.45. The van der Waals surface area contributed by atoms with Gasteiger partial charge in [-0.15, -0.1) is 11.8 Å². The predicted octanol–water partition coefficient (Wildman–Crippen LogP) is 2.31. The molecule has 0 fully saturated rings. The molecule has 4 heteroatoms. The molecule has 1 atom stereocenters. The molecule has 0 spiro atoms. The van der Waals surface area contributed by atoms with E-state index in [4.69, 9.17) is 0 Å². The van der Waals surface area contributed by atoms with Gasteiger partial charge in [-0.3, -0.25) is 4.98 Å². The highest BCUT2D eigenvalue weighted by atomic mass is 32.2. The number of aromatic nitrogens is 1. The van der Waals surface area contributed by atoms with Crippen LogP contribution in [0.15, 0.2) is 29.4 Å². The van der Waals surface area contributed by atoms with Crippen molar-refractivity contribution in [1.82, 2.24) is 10.3 Å². The van der Waals surface area contributed by atoms with Gasteiger partial charge in [0.25, 0.3) is 0 Å². The first-order chi connectivity index (χ1) is 8.06. The number of aliphatic hydroxyl groups excluding tert-OH is 1. The molecule has 1 heterocycles. The summed E-state index contributed by atoms with van der Waals surface area (Å²) in [6, 6.07) is 4.41. The molecule has 0 radical (unpaired) electrons. The lowest BCUT2D eigenvalue weighted by atomic mass is 9.99. The molecule has 0 aliphatic rings. The van der Waals surface area contributed by atoms with Crippen molar-refractivity contribution in [2.24, 2.45) is 0 Å². The van der Waals surface area contributed by atoms with E-state index in [-0.39, 0.29) is 12.1 Å². The summed E-state index contributed by atoms with van der Waals surface area (Å²) in [5.41, 5.74) is -0.186. The zero-order chi connectivity index (χ0) is 12.7. The largest absolute Gasteiger partial charge is 0.394 e. The van der Waals surface area contributed by atoms with Gasteiger partial charge in [0.2, 0.25) is 0 Å². The van der Waals surface area contributed by atoms with Crippen molar-refractivity contribution in [3.63, 3.8) is 0 Å². The molecule has 0 saturated carbocycles. The molecule has 2 N–H and O–H groups in total. The quantitative estimate of drug-likeness (QED) is 0.733. The summed E-state index contributed by atoms with van der Waals surface area (Å²) in [6.07, 6.45) is 4.55. The van der Waals surface area contributed by atoms with Crippen LogP contribution >= 0.6 is 11.8 Å². The third-order valence-corrected chi connectivity index (χ3v) is 3.57. The first kappa shape index (κ1) is 14.5. The molecule has 0 bridgehead atoms. The number of thioether (sulfide) groups is 1. The molecular weight excluding hydrogens is 232 g/mol. The highest BCUT2D eigenvalue weighted by molar-refractivity contribution is 7.99. The lowest BCUT2D eigenvalue weighted by molar-refractivity contribution is 0.162. The lowest BCUT2D eigenvalue weighted by Gasteiger charge is -2.31. The molecule has 1 aromatic heterocycles. The van der Waals surface area contributed by atoms with Gasteiger partial charge in [-0.2, -0.15) is 0 Å². The van der Waals surface area contributed by atoms with Crippen molar-refractivity contribution >= 4 is 11.8 Å². The Kier molecular flexibility index (Phi) is 5.95. The van der Waals surface area contributed by atoms with E-state index in [1.165, 1.54) is 4.90 Å². The highest BCUT2D eigenvalue weighted by Gasteiger charge is 2.23. The topological polar surface area (TPSA) is 45.1 Å². The number of nitrogens with one attached hydrogen (secondary N) is 1. The number of hydrogen-bond acceptors (Lipinski definition) is 4. The second-order valence-corrected chi connectivity index (χ2v) is 5.97. The average Bonchev–Trinajstić information content (AvgIpc) is 2.29. The first-order valence-electron chi connectivity index (χ1n) is 5.97. The summed E-state index contributed by atoms with van der Waals surface area (Å²) in [4.78, 5) is 5.22. The van der Waals surface area contributed by atoms with Crippen molar-refractivity contribution in [1.29, 1.82) is 0 Å². The number of hydrogen-bond donors (Lipinski definition) is 2. The highest BCUT2D eigenvalue weighted by Crippen LogP contribution is 2.21. The van der Waals surface area contributed by atoms with Crippen LogP contribution in [0.2, 0.25) is 0 Å². The Morgan fingerprint density at radius 1 is 1.41 bits per heavy atom. The fourth-order valence-corrected chi connectivity index (χ4v) is 2.82. The molecule has 0 saturated heterocycles. The Labute approximate surface area is 108 Å². The predicted molar refractivity (Wildman–Crippen MR) is 73.3 cm³/mol. The van der Waals surface area contributed by atoms with Crippen LogP contribution in [0.3, 0.4) is 0 Å². The molecule has 0 aliphatic heterocycles. The minimum atomic E-state index is -0.186. The summed E-state index contributed by atoms with van der Waals surface area (Å²) in [5.74, 6) is 0.987. The van der Waals surface area contributed by atoms with Crippen LogP contribution in [0.1, 0.15) is 27.2 Å². The van der Waals surface area contributed by atoms with Gasteiger partial charge >= 0.3 is 0 Å².